The first kappa shape index (κ1) is 21.4. The molecular formula is C25H28N2O3S. The molecule has 3 aromatic rings. The van der Waals surface area contributed by atoms with Crippen LogP contribution in [0.15, 0.2) is 53.4 Å². The molecule has 0 spiro atoms. The van der Waals surface area contributed by atoms with Gasteiger partial charge in [-0.3, -0.25) is 9.52 Å². The first-order valence-electron chi connectivity index (χ1n) is 10.5. The standard InChI is InChI=1S/C25H28N2O3S/c1-16-9-5-7-11-20(16)27-31(29,30)23-12-8-6-10-18(23)13-19-17(2)26-21-14-25(3,4)15-22(28)24(19)21/h5-12,26-27H,13-15H2,1-4H3. The number of aromatic amines is 1. The van der Waals surface area contributed by atoms with E-state index in [-0.39, 0.29) is 16.1 Å². The molecule has 31 heavy (non-hydrogen) atoms. The van der Waals surface area contributed by atoms with Crippen LogP contribution in [-0.2, 0) is 22.9 Å². The first-order valence-corrected chi connectivity index (χ1v) is 12.0. The number of Topliss-reactive ketones (excluding diaryl/α,β-unsaturated/α-hetero) is 1. The van der Waals surface area contributed by atoms with Gasteiger partial charge in [0, 0.05) is 29.8 Å². The number of carbonyl (C=O) groups excluding carboxylic acids is 1. The SMILES string of the molecule is Cc1ccccc1NS(=O)(=O)c1ccccc1Cc1c(C)[nH]c2c1C(=O)CC(C)(C)C2. The number of aromatic nitrogens is 1. The van der Waals surface area contributed by atoms with Crippen LogP contribution in [0.25, 0.3) is 0 Å². The molecule has 5 nitrogen and oxygen atoms in total. The van der Waals surface area contributed by atoms with Crippen molar-refractivity contribution in [3.63, 3.8) is 0 Å². The highest BCUT2D eigenvalue weighted by atomic mass is 32.2. The van der Waals surface area contributed by atoms with Crippen molar-refractivity contribution >= 4 is 21.5 Å². The average Bonchev–Trinajstić information content (AvgIpc) is 2.98. The number of anilines is 1. The summed E-state index contributed by atoms with van der Waals surface area (Å²) in [6.45, 7) is 8.02. The van der Waals surface area contributed by atoms with E-state index in [2.05, 4.69) is 23.6 Å². The smallest absolute Gasteiger partial charge is 0.262 e. The number of H-pyrrole nitrogens is 1. The number of carbonyl (C=O) groups is 1. The number of para-hydroxylation sites is 1. The number of sulfonamides is 1. The zero-order valence-corrected chi connectivity index (χ0v) is 19.2. The van der Waals surface area contributed by atoms with E-state index in [1.54, 1.807) is 24.3 Å². The summed E-state index contributed by atoms with van der Waals surface area (Å²) in [5.41, 5.74) is 5.55. The summed E-state index contributed by atoms with van der Waals surface area (Å²) in [6, 6.07) is 14.3. The first-order chi connectivity index (χ1) is 14.6. The van der Waals surface area contributed by atoms with Crippen molar-refractivity contribution < 1.29 is 13.2 Å². The Morgan fingerprint density at radius 1 is 1.00 bits per heavy atom. The Morgan fingerprint density at radius 2 is 1.68 bits per heavy atom. The van der Waals surface area contributed by atoms with Crippen molar-refractivity contribution in [3.05, 3.63) is 82.2 Å². The van der Waals surface area contributed by atoms with Crippen LogP contribution in [-0.4, -0.2) is 19.2 Å². The molecule has 4 rings (SSSR count). The van der Waals surface area contributed by atoms with E-state index in [0.717, 1.165) is 34.5 Å². The summed E-state index contributed by atoms with van der Waals surface area (Å²) in [6.07, 6.45) is 1.69. The summed E-state index contributed by atoms with van der Waals surface area (Å²) < 4.78 is 29.2. The van der Waals surface area contributed by atoms with E-state index >= 15 is 0 Å². The lowest BCUT2D eigenvalue weighted by molar-refractivity contribution is 0.0911. The van der Waals surface area contributed by atoms with Crippen LogP contribution < -0.4 is 4.72 Å². The maximum absolute atomic E-state index is 13.2. The van der Waals surface area contributed by atoms with Gasteiger partial charge in [-0.1, -0.05) is 50.2 Å². The second kappa shape index (κ2) is 7.68. The molecule has 0 saturated heterocycles. The number of hydrogen-bond acceptors (Lipinski definition) is 3. The number of rotatable bonds is 5. The van der Waals surface area contributed by atoms with Crippen LogP contribution in [0.4, 0.5) is 5.69 Å². The van der Waals surface area contributed by atoms with Gasteiger partial charge < -0.3 is 4.98 Å². The molecule has 0 unspecified atom stereocenters. The van der Waals surface area contributed by atoms with Gasteiger partial charge in [-0.15, -0.1) is 0 Å². The molecule has 162 valence electrons. The Labute approximate surface area is 184 Å². The lowest BCUT2D eigenvalue weighted by atomic mass is 9.75. The number of aryl methyl sites for hydroxylation is 2. The Kier molecular flexibility index (Phi) is 5.30. The van der Waals surface area contributed by atoms with Crippen LogP contribution in [0.1, 0.15) is 58.7 Å². The highest BCUT2D eigenvalue weighted by Crippen LogP contribution is 2.38. The van der Waals surface area contributed by atoms with Crippen LogP contribution in [0.3, 0.4) is 0 Å². The Hall–Kier alpha value is -2.86. The third-order valence-corrected chi connectivity index (χ3v) is 7.45. The Balaban J connectivity index is 1.72. The van der Waals surface area contributed by atoms with Crippen LogP contribution >= 0.6 is 0 Å². The molecule has 0 fully saturated rings. The van der Waals surface area contributed by atoms with Crippen molar-refractivity contribution in [3.8, 4) is 0 Å². The van der Waals surface area contributed by atoms with E-state index in [0.29, 0.717) is 24.1 Å². The summed E-state index contributed by atoms with van der Waals surface area (Å²) in [5.74, 6) is 0.129. The normalized spacial score (nSPS) is 15.5. The predicted molar refractivity (Wildman–Crippen MR) is 123 cm³/mol. The highest BCUT2D eigenvalue weighted by molar-refractivity contribution is 7.92. The third-order valence-electron chi connectivity index (χ3n) is 5.99. The summed E-state index contributed by atoms with van der Waals surface area (Å²) in [4.78, 5) is 16.6. The van der Waals surface area contributed by atoms with E-state index in [4.69, 9.17) is 0 Å². The molecule has 0 saturated carbocycles. The summed E-state index contributed by atoms with van der Waals surface area (Å²) >= 11 is 0. The molecule has 2 aromatic carbocycles. The number of benzene rings is 2. The number of nitrogens with one attached hydrogen (secondary N) is 2. The fourth-order valence-electron chi connectivity index (χ4n) is 4.48. The van der Waals surface area contributed by atoms with Gasteiger partial charge in [0.05, 0.1) is 10.6 Å². The van der Waals surface area contributed by atoms with E-state index in [1.165, 1.54) is 0 Å². The maximum atomic E-state index is 13.2. The molecule has 2 N–H and O–H groups in total. The van der Waals surface area contributed by atoms with Crippen LogP contribution in [0, 0.1) is 19.3 Å². The van der Waals surface area contributed by atoms with Crippen molar-refractivity contribution in [1.29, 1.82) is 0 Å². The van der Waals surface area contributed by atoms with Crippen molar-refractivity contribution in [1.82, 2.24) is 4.98 Å². The molecule has 0 radical (unpaired) electrons. The van der Waals surface area contributed by atoms with Gasteiger partial charge in [-0.05, 0) is 54.5 Å². The molecule has 1 aliphatic rings. The molecule has 1 heterocycles. The predicted octanol–water partition coefficient (Wildman–Crippen LogP) is 5.18. The van der Waals surface area contributed by atoms with E-state index in [9.17, 15) is 13.2 Å². The van der Waals surface area contributed by atoms with Gasteiger partial charge in [-0.25, -0.2) is 8.42 Å². The van der Waals surface area contributed by atoms with Crippen LogP contribution in [0.2, 0.25) is 0 Å². The third kappa shape index (κ3) is 4.17. The van der Waals surface area contributed by atoms with E-state index in [1.807, 2.05) is 38.1 Å². The maximum Gasteiger partial charge on any atom is 0.262 e. The monoisotopic (exact) mass is 436 g/mol. The summed E-state index contributed by atoms with van der Waals surface area (Å²) in [5, 5.41) is 0. The molecule has 0 amide bonds. The van der Waals surface area contributed by atoms with Gasteiger partial charge in [0.15, 0.2) is 5.78 Å². The Morgan fingerprint density at radius 3 is 2.42 bits per heavy atom. The van der Waals surface area contributed by atoms with Gasteiger partial charge >= 0.3 is 0 Å². The minimum Gasteiger partial charge on any atom is -0.362 e. The van der Waals surface area contributed by atoms with Gasteiger partial charge in [0.1, 0.15) is 0 Å². The largest absolute Gasteiger partial charge is 0.362 e. The van der Waals surface area contributed by atoms with Gasteiger partial charge in [0.2, 0.25) is 0 Å². The molecule has 1 aromatic heterocycles. The lowest BCUT2D eigenvalue weighted by Crippen LogP contribution is -2.27. The van der Waals surface area contributed by atoms with Gasteiger partial charge in [0.25, 0.3) is 10.0 Å². The molecule has 0 atom stereocenters. The molecule has 0 aliphatic heterocycles. The fourth-order valence-corrected chi connectivity index (χ4v) is 5.85. The zero-order valence-electron chi connectivity index (χ0n) is 18.4. The zero-order chi connectivity index (χ0) is 22.4. The van der Waals surface area contributed by atoms with Crippen molar-refractivity contribution in [2.24, 2.45) is 5.41 Å². The lowest BCUT2D eigenvalue weighted by Gasteiger charge is -2.28. The molecule has 1 aliphatic carbocycles. The number of ketones is 1. The number of hydrogen-bond donors (Lipinski definition) is 2. The highest BCUT2D eigenvalue weighted by Gasteiger charge is 2.35. The van der Waals surface area contributed by atoms with Crippen molar-refractivity contribution in [2.45, 2.75) is 51.9 Å². The van der Waals surface area contributed by atoms with Gasteiger partial charge in [-0.2, -0.15) is 0 Å². The quantitative estimate of drug-likeness (QED) is 0.578. The molecular weight excluding hydrogens is 408 g/mol. The van der Waals surface area contributed by atoms with Crippen LogP contribution in [0.5, 0.6) is 0 Å². The molecule has 6 heteroatoms. The topological polar surface area (TPSA) is 79.0 Å². The minimum atomic E-state index is -3.78. The summed E-state index contributed by atoms with van der Waals surface area (Å²) in [7, 11) is -3.78. The average molecular weight is 437 g/mol. The van der Waals surface area contributed by atoms with E-state index < -0.39 is 10.0 Å². The second-order valence-corrected chi connectivity index (χ2v) is 10.9. The molecule has 0 bridgehead atoms. The van der Waals surface area contributed by atoms with Crippen molar-refractivity contribution in [2.75, 3.05) is 4.72 Å². The fraction of sp³-hybridized carbons (Fsp3) is 0.320. The minimum absolute atomic E-state index is 0.0721. The second-order valence-electron chi connectivity index (χ2n) is 9.23. The number of fused-ring (bicyclic) bond motifs is 1. The Bertz CT molecular complexity index is 1270.